The summed E-state index contributed by atoms with van der Waals surface area (Å²) in [7, 11) is 0. The van der Waals surface area contributed by atoms with Crippen LogP contribution in [0.1, 0.15) is 29.8 Å². The van der Waals surface area contributed by atoms with Crippen LogP contribution in [0.4, 0.5) is 0 Å². The average molecular weight is 396 g/mol. The van der Waals surface area contributed by atoms with Crippen LogP contribution in [0.3, 0.4) is 0 Å². The molecule has 0 unspecified atom stereocenters. The highest BCUT2D eigenvalue weighted by Gasteiger charge is 2.44. The number of aliphatic hydroxyl groups is 1. The lowest BCUT2D eigenvalue weighted by Crippen LogP contribution is -2.42. The summed E-state index contributed by atoms with van der Waals surface area (Å²) in [4.78, 5) is 19.1. The summed E-state index contributed by atoms with van der Waals surface area (Å²) in [5.41, 5.74) is 2.41. The lowest BCUT2D eigenvalue weighted by atomic mass is 9.78. The van der Waals surface area contributed by atoms with Crippen LogP contribution in [0.2, 0.25) is 0 Å². The highest BCUT2D eigenvalue weighted by Crippen LogP contribution is 2.38. The van der Waals surface area contributed by atoms with Gasteiger partial charge in [-0.1, -0.05) is 18.2 Å². The van der Waals surface area contributed by atoms with E-state index in [1.54, 1.807) is 18.2 Å². The van der Waals surface area contributed by atoms with Crippen molar-refractivity contribution < 1.29 is 19.7 Å². The van der Waals surface area contributed by atoms with Crippen molar-refractivity contribution in [2.75, 3.05) is 13.1 Å². The molecule has 2 N–H and O–H groups in total. The Balaban J connectivity index is 1.39. The number of carbonyl (C=O) groups is 1. The topological polar surface area (TPSA) is 82.9 Å². The van der Waals surface area contributed by atoms with Crippen molar-refractivity contribution in [3.8, 4) is 11.5 Å². The van der Waals surface area contributed by atoms with Crippen LogP contribution in [0, 0.1) is 25.7 Å². The Kier molecular flexibility index (Phi) is 5.46. The van der Waals surface area contributed by atoms with Crippen LogP contribution < -0.4 is 4.74 Å². The maximum atomic E-state index is 12.8. The predicted molar refractivity (Wildman–Crippen MR) is 109 cm³/mol. The van der Waals surface area contributed by atoms with Gasteiger partial charge in [0.1, 0.15) is 17.6 Å². The number of likely N-dealkylation sites (tertiary alicyclic amines) is 1. The van der Waals surface area contributed by atoms with E-state index in [9.17, 15) is 15.0 Å². The summed E-state index contributed by atoms with van der Waals surface area (Å²) in [5.74, 6) is 1.49. The van der Waals surface area contributed by atoms with E-state index >= 15 is 0 Å². The number of aromatic nitrogens is 1. The normalized spacial score (nSPS) is 26.2. The molecule has 0 spiro atoms. The number of para-hydroxylation sites is 1. The SMILES string of the molecule is Cc1ccc(O[C@@H]2C[C@@H]3CN(C(=O)Cc4ccccc4O)C[C@@H]3C[C@H]2O)c(C)n1. The number of ether oxygens (including phenoxy) is 1. The summed E-state index contributed by atoms with van der Waals surface area (Å²) >= 11 is 0. The number of hydrogen-bond acceptors (Lipinski definition) is 5. The number of nitrogens with zero attached hydrogens (tertiary/aromatic N) is 2. The second kappa shape index (κ2) is 8.03. The second-order valence-electron chi connectivity index (χ2n) is 8.36. The fraction of sp³-hybridized carbons (Fsp3) is 0.478. The molecule has 29 heavy (non-hydrogen) atoms. The standard InChI is InChI=1S/C23H28N2O4/c1-14-7-8-21(15(2)24-14)29-22-10-18-13-25(12-17(18)9-20(22)27)23(28)11-16-5-3-4-6-19(16)26/h3-8,17-18,20,22,26-27H,9-13H2,1-2H3/t17-,18+,20+,22+/m0/s1. The van der Waals surface area contributed by atoms with Gasteiger partial charge in [0.2, 0.25) is 5.91 Å². The van der Waals surface area contributed by atoms with Crippen LogP contribution in [0.5, 0.6) is 11.5 Å². The van der Waals surface area contributed by atoms with E-state index in [2.05, 4.69) is 4.98 Å². The third-order valence-corrected chi connectivity index (χ3v) is 6.23. The van der Waals surface area contributed by atoms with Crippen LogP contribution >= 0.6 is 0 Å². The van der Waals surface area contributed by atoms with E-state index in [-0.39, 0.29) is 30.1 Å². The number of carbonyl (C=O) groups excluding carboxylic acids is 1. The van der Waals surface area contributed by atoms with Gasteiger partial charge in [-0.25, -0.2) is 0 Å². The zero-order chi connectivity index (χ0) is 20.5. The Labute approximate surface area is 171 Å². The molecular weight excluding hydrogens is 368 g/mol. The highest BCUT2D eigenvalue weighted by atomic mass is 16.5. The Morgan fingerprint density at radius 2 is 1.86 bits per heavy atom. The molecule has 1 saturated heterocycles. The van der Waals surface area contributed by atoms with E-state index in [0.717, 1.165) is 17.8 Å². The molecule has 1 aromatic carbocycles. The van der Waals surface area contributed by atoms with Crippen LogP contribution in [-0.4, -0.2) is 51.3 Å². The predicted octanol–water partition coefficient (Wildman–Crippen LogP) is 2.62. The molecule has 0 bridgehead atoms. The molecule has 1 aromatic heterocycles. The summed E-state index contributed by atoms with van der Waals surface area (Å²) in [6.45, 7) is 5.19. The lowest BCUT2D eigenvalue weighted by Gasteiger charge is -2.35. The minimum atomic E-state index is -0.551. The number of fused-ring (bicyclic) bond motifs is 1. The summed E-state index contributed by atoms with van der Waals surface area (Å²) in [5, 5.41) is 20.6. The van der Waals surface area contributed by atoms with Crippen molar-refractivity contribution in [2.24, 2.45) is 11.8 Å². The first-order valence-electron chi connectivity index (χ1n) is 10.2. The number of amides is 1. The zero-order valence-electron chi connectivity index (χ0n) is 16.9. The molecular formula is C23H28N2O4. The number of benzene rings is 1. The van der Waals surface area contributed by atoms with Gasteiger partial charge in [0.25, 0.3) is 0 Å². The van der Waals surface area contributed by atoms with Gasteiger partial charge in [-0.3, -0.25) is 9.78 Å². The van der Waals surface area contributed by atoms with Crippen molar-refractivity contribution in [3.63, 3.8) is 0 Å². The third-order valence-electron chi connectivity index (χ3n) is 6.23. The molecule has 4 atom stereocenters. The number of aromatic hydroxyl groups is 1. The molecule has 1 amide bonds. The maximum Gasteiger partial charge on any atom is 0.227 e. The fourth-order valence-corrected chi connectivity index (χ4v) is 4.62. The number of phenolic OH excluding ortho intramolecular Hbond substituents is 1. The number of hydrogen-bond donors (Lipinski definition) is 2. The van der Waals surface area contributed by atoms with E-state index in [4.69, 9.17) is 4.74 Å². The number of phenols is 1. The molecule has 2 aromatic rings. The number of aryl methyl sites for hydroxylation is 2. The Bertz CT molecular complexity index is 900. The van der Waals surface area contributed by atoms with Crippen LogP contribution in [0.25, 0.3) is 0 Å². The molecule has 1 aliphatic carbocycles. The average Bonchev–Trinajstić information content (AvgIpc) is 3.09. The van der Waals surface area contributed by atoms with Crippen molar-refractivity contribution in [2.45, 2.75) is 45.3 Å². The van der Waals surface area contributed by atoms with Crippen molar-refractivity contribution in [1.82, 2.24) is 9.88 Å². The molecule has 6 heteroatoms. The lowest BCUT2D eigenvalue weighted by molar-refractivity contribution is -0.129. The van der Waals surface area contributed by atoms with Gasteiger partial charge in [0.15, 0.2) is 0 Å². The fourth-order valence-electron chi connectivity index (χ4n) is 4.62. The number of aliphatic hydroxyl groups excluding tert-OH is 1. The van der Waals surface area contributed by atoms with E-state index in [1.165, 1.54) is 0 Å². The van der Waals surface area contributed by atoms with Crippen molar-refractivity contribution >= 4 is 5.91 Å². The first-order chi connectivity index (χ1) is 13.9. The smallest absolute Gasteiger partial charge is 0.227 e. The highest BCUT2D eigenvalue weighted by molar-refractivity contribution is 5.79. The zero-order valence-corrected chi connectivity index (χ0v) is 16.9. The molecule has 1 saturated carbocycles. The molecule has 2 fully saturated rings. The van der Waals surface area contributed by atoms with Gasteiger partial charge in [-0.15, -0.1) is 0 Å². The number of pyridine rings is 1. The van der Waals surface area contributed by atoms with E-state index in [0.29, 0.717) is 36.7 Å². The van der Waals surface area contributed by atoms with Gasteiger partial charge < -0.3 is 19.8 Å². The quantitative estimate of drug-likeness (QED) is 0.830. The van der Waals surface area contributed by atoms with Crippen molar-refractivity contribution in [1.29, 1.82) is 0 Å². The van der Waals surface area contributed by atoms with Crippen LogP contribution in [-0.2, 0) is 11.2 Å². The first-order valence-corrected chi connectivity index (χ1v) is 10.2. The molecule has 2 heterocycles. The van der Waals surface area contributed by atoms with Gasteiger partial charge in [0, 0.05) is 24.3 Å². The second-order valence-corrected chi connectivity index (χ2v) is 8.36. The molecule has 0 radical (unpaired) electrons. The van der Waals surface area contributed by atoms with Crippen molar-refractivity contribution in [3.05, 3.63) is 53.3 Å². The van der Waals surface area contributed by atoms with Gasteiger partial charge in [0.05, 0.1) is 18.2 Å². The summed E-state index contributed by atoms with van der Waals surface area (Å²) in [6, 6.07) is 10.8. The molecule has 4 rings (SSSR count). The number of rotatable bonds is 4. The monoisotopic (exact) mass is 396 g/mol. The third kappa shape index (κ3) is 4.22. The minimum absolute atomic E-state index is 0.0198. The first kappa shape index (κ1) is 19.7. The minimum Gasteiger partial charge on any atom is -0.508 e. The molecule has 154 valence electrons. The van der Waals surface area contributed by atoms with Crippen LogP contribution in [0.15, 0.2) is 36.4 Å². The Morgan fingerprint density at radius 3 is 2.59 bits per heavy atom. The summed E-state index contributed by atoms with van der Waals surface area (Å²) in [6.07, 6.45) is 0.717. The van der Waals surface area contributed by atoms with E-state index < -0.39 is 6.10 Å². The van der Waals surface area contributed by atoms with Gasteiger partial charge in [-0.05, 0) is 56.7 Å². The molecule has 2 aliphatic rings. The van der Waals surface area contributed by atoms with E-state index in [1.807, 2.05) is 36.9 Å². The van der Waals surface area contributed by atoms with Gasteiger partial charge >= 0.3 is 0 Å². The maximum absolute atomic E-state index is 12.8. The Morgan fingerprint density at radius 1 is 1.14 bits per heavy atom. The largest absolute Gasteiger partial charge is 0.508 e. The molecule has 6 nitrogen and oxygen atoms in total. The van der Waals surface area contributed by atoms with Gasteiger partial charge in [-0.2, -0.15) is 0 Å². The molecule has 1 aliphatic heterocycles. The Hall–Kier alpha value is -2.60. The summed E-state index contributed by atoms with van der Waals surface area (Å²) < 4.78 is 6.12.